The van der Waals surface area contributed by atoms with E-state index in [0.717, 1.165) is 6.07 Å². The Labute approximate surface area is 88.2 Å². The summed E-state index contributed by atoms with van der Waals surface area (Å²) in [6, 6.07) is 2.28. The van der Waals surface area contributed by atoms with Crippen molar-refractivity contribution in [2.75, 3.05) is 12.8 Å². The predicted octanol–water partition coefficient (Wildman–Crippen LogP) is 1.44. The Balaban J connectivity index is 3.20. The van der Waals surface area contributed by atoms with E-state index >= 15 is 0 Å². The molecule has 1 heterocycles. The molecular formula is C8H6F3N3O2. The first-order valence-corrected chi connectivity index (χ1v) is 3.87. The zero-order chi connectivity index (χ0) is 12.3. The molecule has 0 saturated carbocycles. The maximum atomic E-state index is 11.9. The summed E-state index contributed by atoms with van der Waals surface area (Å²) in [5, 5.41) is 8.57. The summed E-state index contributed by atoms with van der Waals surface area (Å²) in [6.45, 7) is 0. The fourth-order valence-corrected chi connectivity index (χ4v) is 0.939. The molecule has 2 N–H and O–H groups in total. The van der Waals surface area contributed by atoms with Crippen LogP contribution in [0, 0.1) is 11.3 Å². The maximum absolute atomic E-state index is 11.9. The number of nitrogens with zero attached hydrogens (tertiary/aromatic N) is 2. The first-order chi connectivity index (χ1) is 7.37. The Morgan fingerprint density at radius 3 is 2.56 bits per heavy atom. The molecule has 0 atom stereocenters. The topological polar surface area (TPSA) is 81.2 Å². The van der Waals surface area contributed by atoms with Gasteiger partial charge in [-0.1, -0.05) is 0 Å². The number of nitrogen functional groups attached to an aromatic ring is 1. The minimum atomic E-state index is -4.91. The fraction of sp³-hybridized carbons (Fsp3) is 0.250. The first kappa shape index (κ1) is 11.9. The van der Waals surface area contributed by atoms with Crippen molar-refractivity contribution in [2.24, 2.45) is 0 Å². The van der Waals surface area contributed by atoms with E-state index in [2.05, 4.69) is 14.5 Å². The molecule has 16 heavy (non-hydrogen) atoms. The van der Waals surface area contributed by atoms with Crippen LogP contribution < -0.4 is 15.2 Å². The number of halogens is 3. The molecule has 0 unspecified atom stereocenters. The average molecular weight is 233 g/mol. The van der Waals surface area contributed by atoms with E-state index < -0.39 is 17.8 Å². The normalized spacial score (nSPS) is 10.7. The average Bonchev–Trinajstić information content (AvgIpc) is 2.16. The lowest BCUT2D eigenvalue weighted by Crippen LogP contribution is -2.18. The van der Waals surface area contributed by atoms with Crippen molar-refractivity contribution in [1.29, 1.82) is 5.26 Å². The van der Waals surface area contributed by atoms with Crippen molar-refractivity contribution in [3.8, 4) is 17.7 Å². The van der Waals surface area contributed by atoms with Crippen LogP contribution in [0.2, 0.25) is 0 Å². The minimum Gasteiger partial charge on any atom is -0.479 e. The largest absolute Gasteiger partial charge is 0.573 e. The highest BCUT2D eigenvalue weighted by atomic mass is 19.4. The molecule has 86 valence electrons. The zero-order valence-electron chi connectivity index (χ0n) is 8.00. The van der Waals surface area contributed by atoms with Gasteiger partial charge in [0.25, 0.3) is 0 Å². The molecule has 0 aliphatic heterocycles. The van der Waals surface area contributed by atoms with E-state index in [1.165, 1.54) is 13.2 Å². The summed E-state index contributed by atoms with van der Waals surface area (Å²) < 4.78 is 44.1. The molecule has 0 amide bonds. The van der Waals surface area contributed by atoms with Crippen LogP contribution in [-0.4, -0.2) is 18.5 Å². The Morgan fingerprint density at radius 2 is 2.12 bits per heavy atom. The van der Waals surface area contributed by atoms with Crippen LogP contribution in [0.25, 0.3) is 0 Å². The summed E-state index contributed by atoms with van der Waals surface area (Å²) in [7, 11) is 1.23. The van der Waals surface area contributed by atoms with Gasteiger partial charge in [-0.15, -0.1) is 13.2 Å². The van der Waals surface area contributed by atoms with Crippen molar-refractivity contribution in [3.63, 3.8) is 0 Å². The Bertz CT molecular complexity index is 439. The summed E-state index contributed by atoms with van der Waals surface area (Å²) >= 11 is 0. The molecule has 0 aromatic carbocycles. The Kier molecular flexibility index (Phi) is 3.08. The molecule has 1 rings (SSSR count). The van der Waals surface area contributed by atoms with Crippen LogP contribution in [0.15, 0.2) is 6.07 Å². The molecule has 1 aromatic rings. The Morgan fingerprint density at radius 1 is 1.50 bits per heavy atom. The van der Waals surface area contributed by atoms with Gasteiger partial charge >= 0.3 is 6.36 Å². The van der Waals surface area contributed by atoms with Crippen LogP contribution in [0.3, 0.4) is 0 Å². The molecular weight excluding hydrogens is 227 g/mol. The molecule has 0 bridgehead atoms. The standard InChI is InChI=1S/C8H6F3N3O2/c1-15-7-4(13)2-6(5(3-12)14-7)16-8(9,10)11/h2H,13H2,1H3. The summed E-state index contributed by atoms with van der Waals surface area (Å²) in [5.74, 6) is -0.889. The smallest absolute Gasteiger partial charge is 0.479 e. The van der Waals surface area contributed by atoms with Gasteiger partial charge < -0.3 is 15.2 Å². The van der Waals surface area contributed by atoms with Gasteiger partial charge in [-0.3, -0.25) is 0 Å². The predicted molar refractivity (Wildman–Crippen MR) is 46.6 cm³/mol. The fourth-order valence-electron chi connectivity index (χ4n) is 0.939. The van der Waals surface area contributed by atoms with E-state index in [1.54, 1.807) is 0 Å². The number of pyridine rings is 1. The Hall–Kier alpha value is -2.17. The highest BCUT2D eigenvalue weighted by Gasteiger charge is 2.33. The summed E-state index contributed by atoms with van der Waals surface area (Å²) in [4.78, 5) is 3.46. The molecule has 0 aliphatic carbocycles. The monoisotopic (exact) mass is 233 g/mol. The minimum absolute atomic E-state index is 0.133. The van der Waals surface area contributed by atoms with E-state index in [9.17, 15) is 13.2 Å². The first-order valence-electron chi connectivity index (χ1n) is 3.87. The van der Waals surface area contributed by atoms with Crippen molar-refractivity contribution < 1.29 is 22.6 Å². The SMILES string of the molecule is COc1nc(C#N)c(OC(F)(F)F)cc1N. The lowest BCUT2D eigenvalue weighted by Gasteiger charge is -2.11. The molecule has 1 aromatic heterocycles. The summed E-state index contributed by atoms with van der Waals surface area (Å²) in [6.07, 6.45) is -4.91. The number of alkyl halides is 3. The second kappa shape index (κ2) is 4.14. The van der Waals surface area contributed by atoms with Gasteiger partial charge in [0, 0.05) is 6.07 Å². The second-order valence-electron chi connectivity index (χ2n) is 2.59. The molecule has 5 nitrogen and oxygen atoms in total. The second-order valence-corrected chi connectivity index (χ2v) is 2.59. The van der Waals surface area contributed by atoms with Crippen molar-refractivity contribution in [1.82, 2.24) is 4.98 Å². The number of ether oxygens (including phenoxy) is 2. The summed E-state index contributed by atoms with van der Waals surface area (Å²) in [5.41, 5.74) is 4.63. The highest BCUT2D eigenvalue weighted by molar-refractivity contribution is 5.56. The van der Waals surface area contributed by atoms with Gasteiger partial charge in [0.2, 0.25) is 5.88 Å². The number of anilines is 1. The van der Waals surface area contributed by atoms with Crippen molar-refractivity contribution >= 4 is 5.69 Å². The third kappa shape index (κ3) is 2.66. The third-order valence-corrected chi connectivity index (χ3v) is 1.51. The number of hydrogen-bond acceptors (Lipinski definition) is 5. The van der Waals surface area contributed by atoms with Crippen LogP contribution in [0.1, 0.15) is 5.69 Å². The molecule has 8 heteroatoms. The number of methoxy groups -OCH3 is 1. The van der Waals surface area contributed by atoms with Crippen LogP contribution in [0.5, 0.6) is 11.6 Å². The van der Waals surface area contributed by atoms with Gasteiger partial charge in [-0.25, -0.2) is 0 Å². The molecule has 0 saturated heterocycles. The van der Waals surface area contributed by atoms with E-state index in [1.807, 2.05) is 0 Å². The van der Waals surface area contributed by atoms with E-state index in [4.69, 9.17) is 11.0 Å². The van der Waals surface area contributed by atoms with Crippen LogP contribution in [-0.2, 0) is 0 Å². The molecule has 0 spiro atoms. The quantitative estimate of drug-likeness (QED) is 0.835. The molecule has 0 fully saturated rings. The maximum Gasteiger partial charge on any atom is 0.573 e. The van der Waals surface area contributed by atoms with Crippen LogP contribution in [0.4, 0.5) is 18.9 Å². The van der Waals surface area contributed by atoms with Crippen LogP contribution >= 0.6 is 0 Å². The van der Waals surface area contributed by atoms with Gasteiger partial charge in [-0.2, -0.15) is 10.2 Å². The van der Waals surface area contributed by atoms with E-state index in [-0.39, 0.29) is 11.6 Å². The molecule has 0 aliphatic rings. The number of rotatable bonds is 2. The number of aromatic nitrogens is 1. The highest BCUT2D eigenvalue weighted by Crippen LogP contribution is 2.30. The van der Waals surface area contributed by atoms with E-state index in [0.29, 0.717) is 0 Å². The van der Waals surface area contributed by atoms with Gasteiger partial charge in [0.15, 0.2) is 11.4 Å². The van der Waals surface area contributed by atoms with Gasteiger partial charge in [0.05, 0.1) is 12.8 Å². The number of nitrogens with two attached hydrogens (primary N) is 1. The number of nitriles is 1. The zero-order valence-corrected chi connectivity index (χ0v) is 8.00. The van der Waals surface area contributed by atoms with Crippen molar-refractivity contribution in [3.05, 3.63) is 11.8 Å². The lowest BCUT2D eigenvalue weighted by molar-refractivity contribution is -0.274. The van der Waals surface area contributed by atoms with Crippen molar-refractivity contribution in [2.45, 2.75) is 6.36 Å². The van der Waals surface area contributed by atoms with Gasteiger partial charge in [0.1, 0.15) is 6.07 Å². The third-order valence-electron chi connectivity index (χ3n) is 1.51. The number of hydrogen-bond donors (Lipinski definition) is 1. The van der Waals surface area contributed by atoms with Gasteiger partial charge in [-0.05, 0) is 0 Å². The molecule has 0 radical (unpaired) electrons. The lowest BCUT2D eigenvalue weighted by atomic mass is 10.3.